The van der Waals surface area contributed by atoms with Crippen LogP contribution in [0.2, 0.25) is 0 Å². The Morgan fingerprint density at radius 3 is 2.90 bits per heavy atom. The minimum absolute atomic E-state index is 0.0654. The molecule has 2 amide bonds. The Labute approximate surface area is 129 Å². The smallest absolute Gasteiger partial charge is 0.264 e. The summed E-state index contributed by atoms with van der Waals surface area (Å²) in [5, 5.41) is 2.75. The third-order valence-electron chi connectivity index (χ3n) is 4.00. The van der Waals surface area contributed by atoms with Gasteiger partial charge in [-0.2, -0.15) is 0 Å². The fourth-order valence-corrected chi connectivity index (χ4v) is 3.71. The van der Waals surface area contributed by atoms with Gasteiger partial charge in [-0.3, -0.25) is 9.59 Å². The van der Waals surface area contributed by atoms with Gasteiger partial charge in [-0.1, -0.05) is 6.92 Å². The van der Waals surface area contributed by atoms with Gasteiger partial charge >= 0.3 is 0 Å². The highest BCUT2D eigenvalue weighted by molar-refractivity contribution is 7.14. The van der Waals surface area contributed by atoms with E-state index in [1.165, 1.54) is 18.3 Å². The van der Waals surface area contributed by atoms with E-state index in [9.17, 15) is 9.59 Å². The van der Waals surface area contributed by atoms with Crippen LogP contribution in [0, 0.1) is 5.92 Å². The highest BCUT2D eigenvalue weighted by atomic mass is 32.1. The van der Waals surface area contributed by atoms with Gasteiger partial charge in [0.2, 0.25) is 5.91 Å². The summed E-state index contributed by atoms with van der Waals surface area (Å²) in [5.74, 6) is 0.451. The van der Waals surface area contributed by atoms with Gasteiger partial charge in [0.15, 0.2) is 0 Å². The first-order chi connectivity index (χ1) is 10.0. The van der Waals surface area contributed by atoms with Gasteiger partial charge in [-0.05, 0) is 30.9 Å². The zero-order chi connectivity index (χ0) is 15.4. The molecule has 1 aliphatic rings. The summed E-state index contributed by atoms with van der Waals surface area (Å²) < 4.78 is 0. The summed E-state index contributed by atoms with van der Waals surface area (Å²) >= 11 is 1.44. The molecule has 1 aromatic heterocycles. The van der Waals surface area contributed by atoms with E-state index in [0.29, 0.717) is 19.0 Å². The first kappa shape index (κ1) is 16.0. The number of carbonyl (C=O) groups excluding carboxylic acids is 2. The van der Waals surface area contributed by atoms with E-state index in [4.69, 9.17) is 5.73 Å². The van der Waals surface area contributed by atoms with E-state index < -0.39 is 0 Å². The molecule has 0 unspecified atom stereocenters. The average molecular weight is 309 g/mol. The van der Waals surface area contributed by atoms with Crippen molar-refractivity contribution in [2.24, 2.45) is 11.7 Å². The number of carbonyl (C=O) groups is 2. The minimum Gasteiger partial charge on any atom is -0.351 e. The van der Waals surface area contributed by atoms with E-state index in [0.717, 1.165) is 29.1 Å². The number of hydrogen-bond acceptors (Lipinski definition) is 4. The van der Waals surface area contributed by atoms with Gasteiger partial charge in [0.25, 0.3) is 5.91 Å². The largest absolute Gasteiger partial charge is 0.351 e. The second-order valence-corrected chi connectivity index (χ2v) is 6.77. The Hall–Kier alpha value is -1.40. The van der Waals surface area contributed by atoms with Gasteiger partial charge in [0.05, 0.1) is 11.4 Å². The predicted molar refractivity (Wildman–Crippen MR) is 84.1 cm³/mol. The van der Waals surface area contributed by atoms with Crippen LogP contribution >= 0.6 is 11.3 Å². The van der Waals surface area contributed by atoms with Gasteiger partial charge in [-0.15, -0.1) is 11.3 Å². The van der Waals surface area contributed by atoms with E-state index in [2.05, 4.69) is 12.2 Å². The Morgan fingerprint density at radius 2 is 2.24 bits per heavy atom. The van der Waals surface area contributed by atoms with Crippen LogP contribution in [0.5, 0.6) is 0 Å². The number of nitrogens with zero attached hydrogens (tertiary/aromatic N) is 1. The number of likely N-dealkylation sites (tertiary alicyclic amines) is 1. The second kappa shape index (κ2) is 7.04. The average Bonchev–Trinajstić information content (AvgIpc) is 2.93. The lowest BCUT2D eigenvalue weighted by Gasteiger charge is -2.39. The van der Waals surface area contributed by atoms with Crippen molar-refractivity contribution in [3.05, 3.63) is 21.9 Å². The van der Waals surface area contributed by atoms with Crippen molar-refractivity contribution >= 4 is 23.2 Å². The van der Waals surface area contributed by atoms with Crippen LogP contribution in [0.1, 0.15) is 41.2 Å². The fourth-order valence-electron chi connectivity index (χ4n) is 2.80. The Balaban J connectivity index is 2.06. The lowest BCUT2D eigenvalue weighted by Crippen LogP contribution is -2.51. The molecule has 0 spiro atoms. The molecule has 1 saturated heterocycles. The van der Waals surface area contributed by atoms with Gasteiger partial charge in [0.1, 0.15) is 0 Å². The van der Waals surface area contributed by atoms with Gasteiger partial charge < -0.3 is 16.0 Å². The maximum atomic E-state index is 12.7. The van der Waals surface area contributed by atoms with Crippen molar-refractivity contribution in [2.75, 3.05) is 13.1 Å². The molecule has 2 atom stereocenters. The van der Waals surface area contributed by atoms with Crippen LogP contribution in [0.3, 0.4) is 0 Å². The van der Waals surface area contributed by atoms with Crippen LogP contribution in [-0.2, 0) is 11.3 Å². The molecule has 1 aliphatic heterocycles. The third-order valence-corrected chi connectivity index (χ3v) is 5.08. The summed E-state index contributed by atoms with van der Waals surface area (Å²) in [6, 6.07) is 3.88. The van der Waals surface area contributed by atoms with E-state index >= 15 is 0 Å². The third kappa shape index (κ3) is 3.83. The lowest BCUT2D eigenvalue weighted by molar-refractivity contribution is -0.119. The number of amides is 2. The number of nitrogens with two attached hydrogens (primary N) is 1. The standard InChI is InChI=1S/C15H23N3O2S/c1-10-4-3-7-18(13(10)8-16)15(20)14-6-5-12(21-14)9-17-11(2)19/h5-6,10,13H,3-4,7-9,16H2,1-2H3,(H,17,19)/t10-,13+/m1/s1. The first-order valence-corrected chi connectivity index (χ1v) is 8.18. The number of nitrogens with one attached hydrogen (secondary N) is 1. The van der Waals surface area contributed by atoms with Crippen molar-refractivity contribution in [1.29, 1.82) is 0 Å². The molecule has 1 fully saturated rings. The van der Waals surface area contributed by atoms with E-state index in [1.54, 1.807) is 0 Å². The number of thiophene rings is 1. The summed E-state index contributed by atoms with van der Waals surface area (Å²) in [6.07, 6.45) is 2.16. The topological polar surface area (TPSA) is 75.4 Å². The summed E-state index contributed by atoms with van der Waals surface area (Å²) in [6.45, 7) is 5.42. The summed E-state index contributed by atoms with van der Waals surface area (Å²) in [5.41, 5.74) is 5.85. The fraction of sp³-hybridized carbons (Fsp3) is 0.600. The van der Waals surface area contributed by atoms with Crippen molar-refractivity contribution in [3.8, 4) is 0 Å². The predicted octanol–water partition coefficient (Wildman–Crippen LogP) is 1.58. The molecule has 3 N–H and O–H groups in total. The molecule has 6 heteroatoms. The molecule has 2 heterocycles. The number of piperidine rings is 1. The Kier molecular flexibility index (Phi) is 5.36. The molecule has 1 aromatic rings. The van der Waals surface area contributed by atoms with Crippen molar-refractivity contribution in [3.63, 3.8) is 0 Å². The quantitative estimate of drug-likeness (QED) is 0.887. The molecule has 0 aromatic carbocycles. The molecule has 0 radical (unpaired) electrons. The Morgan fingerprint density at radius 1 is 1.48 bits per heavy atom. The summed E-state index contributed by atoms with van der Waals surface area (Å²) in [4.78, 5) is 27.2. The Bertz CT molecular complexity index is 515. The molecule has 5 nitrogen and oxygen atoms in total. The van der Waals surface area contributed by atoms with Crippen LogP contribution in [0.25, 0.3) is 0 Å². The van der Waals surface area contributed by atoms with Gasteiger partial charge in [-0.25, -0.2) is 0 Å². The van der Waals surface area contributed by atoms with E-state index in [-0.39, 0.29) is 17.9 Å². The second-order valence-electron chi connectivity index (χ2n) is 5.60. The zero-order valence-corrected chi connectivity index (χ0v) is 13.4. The monoisotopic (exact) mass is 309 g/mol. The van der Waals surface area contributed by atoms with E-state index in [1.807, 2.05) is 17.0 Å². The normalized spacial score (nSPS) is 22.1. The molecule has 2 rings (SSSR count). The maximum Gasteiger partial charge on any atom is 0.264 e. The van der Waals surface area contributed by atoms with Crippen molar-refractivity contribution in [2.45, 2.75) is 39.3 Å². The number of rotatable bonds is 4. The molecular weight excluding hydrogens is 286 g/mol. The minimum atomic E-state index is -0.0654. The molecule has 0 aliphatic carbocycles. The SMILES string of the molecule is CC(=O)NCc1ccc(C(=O)N2CCC[C@@H](C)[C@@H]2CN)s1. The maximum absolute atomic E-state index is 12.7. The van der Waals surface area contributed by atoms with Crippen LogP contribution in [-0.4, -0.2) is 35.8 Å². The van der Waals surface area contributed by atoms with Crippen LogP contribution < -0.4 is 11.1 Å². The van der Waals surface area contributed by atoms with Crippen LogP contribution in [0.15, 0.2) is 12.1 Å². The molecule has 116 valence electrons. The highest BCUT2D eigenvalue weighted by Gasteiger charge is 2.31. The lowest BCUT2D eigenvalue weighted by atomic mass is 9.90. The van der Waals surface area contributed by atoms with Crippen molar-refractivity contribution in [1.82, 2.24) is 10.2 Å². The highest BCUT2D eigenvalue weighted by Crippen LogP contribution is 2.26. The van der Waals surface area contributed by atoms with Crippen LogP contribution in [0.4, 0.5) is 0 Å². The molecule has 21 heavy (non-hydrogen) atoms. The molecule has 0 saturated carbocycles. The zero-order valence-electron chi connectivity index (χ0n) is 12.6. The molecular formula is C15H23N3O2S. The summed E-state index contributed by atoms with van der Waals surface area (Å²) in [7, 11) is 0. The number of hydrogen-bond donors (Lipinski definition) is 2. The van der Waals surface area contributed by atoms with Crippen molar-refractivity contribution < 1.29 is 9.59 Å². The molecule has 0 bridgehead atoms. The first-order valence-electron chi connectivity index (χ1n) is 7.37. The van der Waals surface area contributed by atoms with Gasteiger partial charge in [0, 0.05) is 30.9 Å².